The first kappa shape index (κ1) is 22.1. The lowest BCUT2D eigenvalue weighted by Gasteiger charge is -2.21. The van der Waals surface area contributed by atoms with Gasteiger partial charge in [-0.2, -0.15) is 0 Å². The van der Waals surface area contributed by atoms with Crippen LogP contribution in [0.5, 0.6) is 5.75 Å². The quantitative estimate of drug-likeness (QED) is 0.397. The largest absolute Gasteiger partial charge is 0.493 e. The van der Waals surface area contributed by atoms with Crippen molar-refractivity contribution in [3.05, 3.63) is 58.5 Å². The Morgan fingerprint density at radius 3 is 2.43 bits per heavy atom. The summed E-state index contributed by atoms with van der Waals surface area (Å²) in [5, 5.41) is 10.3. The Kier molecular flexibility index (Phi) is 6.67. The second kappa shape index (κ2) is 9.05. The molecule has 0 aliphatic carbocycles. The maximum Gasteiger partial charge on any atom is 0.328 e. The van der Waals surface area contributed by atoms with E-state index < -0.39 is 5.97 Å². The molecule has 3 nitrogen and oxygen atoms in total. The van der Waals surface area contributed by atoms with Crippen LogP contribution in [0, 0.1) is 0 Å². The van der Waals surface area contributed by atoms with Crippen LogP contribution in [0.1, 0.15) is 69.4 Å². The van der Waals surface area contributed by atoms with Gasteiger partial charge < -0.3 is 9.84 Å². The Morgan fingerprint density at radius 2 is 1.83 bits per heavy atom. The van der Waals surface area contributed by atoms with Crippen molar-refractivity contribution in [2.75, 3.05) is 6.61 Å². The van der Waals surface area contributed by atoms with Crippen molar-refractivity contribution < 1.29 is 14.6 Å². The first-order valence-corrected chi connectivity index (χ1v) is 11.3. The minimum atomic E-state index is -0.921. The number of hydrogen-bond donors (Lipinski definition) is 1. The summed E-state index contributed by atoms with van der Waals surface area (Å²) in [6.07, 6.45) is 1.27. The molecular formula is C26H30O3S. The minimum absolute atomic E-state index is 0.349. The predicted molar refractivity (Wildman–Crippen MR) is 128 cm³/mol. The molecule has 0 atom stereocenters. The molecule has 158 valence electrons. The second-order valence-electron chi connectivity index (χ2n) is 8.22. The van der Waals surface area contributed by atoms with Gasteiger partial charge in [-0.25, -0.2) is 4.79 Å². The molecule has 0 fully saturated rings. The van der Waals surface area contributed by atoms with E-state index in [2.05, 4.69) is 64.1 Å². The summed E-state index contributed by atoms with van der Waals surface area (Å²) in [6, 6.07) is 13.0. The molecule has 1 heterocycles. The number of hydrogen-bond acceptors (Lipinski definition) is 3. The van der Waals surface area contributed by atoms with E-state index in [-0.39, 0.29) is 0 Å². The number of aliphatic carboxylic acids is 1. The Balaban J connectivity index is 2.31. The molecule has 0 aliphatic heterocycles. The van der Waals surface area contributed by atoms with Crippen LogP contribution >= 0.6 is 11.3 Å². The van der Waals surface area contributed by atoms with E-state index >= 15 is 0 Å². The molecular weight excluding hydrogens is 392 g/mol. The van der Waals surface area contributed by atoms with Crippen LogP contribution in [0.25, 0.3) is 26.8 Å². The number of carbonyl (C=O) groups is 1. The maximum atomic E-state index is 11.1. The molecule has 1 aromatic heterocycles. The zero-order valence-electron chi connectivity index (χ0n) is 18.6. The highest BCUT2D eigenvalue weighted by molar-refractivity contribution is 7.20. The highest BCUT2D eigenvalue weighted by atomic mass is 32.1. The van der Waals surface area contributed by atoms with Gasteiger partial charge in [0.2, 0.25) is 0 Å². The van der Waals surface area contributed by atoms with Crippen molar-refractivity contribution in [3.8, 4) is 16.9 Å². The average Bonchev–Trinajstić information content (AvgIpc) is 3.12. The Hall–Kier alpha value is -2.59. The summed E-state index contributed by atoms with van der Waals surface area (Å²) < 4.78 is 7.33. The van der Waals surface area contributed by atoms with Gasteiger partial charge in [0.25, 0.3) is 0 Å². The molecule has 0 saturated heterocycles. The van der Waals surface area contributed by atoms with E-state index in [9.17, 15) is 4.79 Å². The van der Waals surface area contributed by atoms with E-state index in [4.69, 9.17) is 9.84 Å². The fourth-order valence-corrected chi connectivity index (χ4v) is 4.75. The third kappa shape index (κ3) is 4.44. The highest BCUT2D eigenvalue weighted by Crippen LogP contribution is 2.44. The smallest absolute Gasteiger partial charge is 0.328 e. The van der Waals surface area contributed by atoms with E-state index in [0.717, 1.165) is 37.4 Å². The number of benzene rings is 2. The van der Waals surface area contributed by atoms with E-state index in [1.807, 2.05) is 13.8 Å². The van der Waals surface area contributed by atoms with Crippen LogP contribution in [-0.2, 0) is 4.79 Å². The van der Waals surface area contributed by atoms with E-state index in [0.29, 0.717) is 18.4 Å². The van der Waals surface area contributed by atoms with Gasteiger partial charge in [-0.15, -0.1) is 11.3 Å². The molecule has 3 rings (SSSR count). The standard InChI is InChI=1S/C26H30O3S/c1-7-29-26-20(16(4)5)12-18(15(2)3)13-22(26)19-9-8-10-23-21(19)14-24(30-23)17(6)11-25(27)28/h8-16H,7H2,1-6H3,(H,27,28)/b17-11-. The number of rotatable bonds is 7. The first-order valence-electron chi connectivity index (χ1n) is 10.5. The van der Waals surface area contributed by atoms with Crippen LogP contribution in [0.4, 0.5) is 0 Å². The number of thiophene rings is 1. The summed E-state index contributed by atoms with van der Waals surface area (Å²) in [4.78, 5) is 12.1. The fourth-order valence-electron chi connectivity index (χ4n) is 3.69. The lowest BCUT2D eigenvalue weighted by Crippen LogP contribution is -2.03. The SMILES string of the molecule is CCOc1c(-c2cccc3sc(/C(C)=C\C(=O)O)cc23)cc(C(C)C)cc1C(C)C. The molecule has 1 N–H and O–H groups in total. The van der Waals surface area contributed by atoms with Crippen molar-refractivity contribution in [2.45, 2.75) is 53.4 Å². The molecule has 4 heteroatoms. The van der Waals surface area contributed by atoms with Gasteiger partial charge in [0.05, 0.1) is 6.61 Å². The molecule has 0 unspecified atom stereocenters. The number of carboxylic acid groups (broad SMARTS) is 1. The van der Waals surface area contributed by atoms with Crippen molar-refractivity contribution in [2.24, 2.45) is 0 Å². The molecule has 0 radical (unpaired) electrons. The zero-order chi connectivity index (χ0) is 22.0. The molecule has 30 heavy (non-hydrogen) atoms. The average molecular weight is 423 g/mol. The summed E-state index contributed by atoms with van der Waals surface area (Å²) >= 11 is 1.62. The van der Waals surface area contributed by atoms with Gasteiger partial charge in [0, 0.05) is 26.6 Å². The van der Waals surface area contributed by atoms with Gasteiger partial charge in [-0.1, -0.05) is 45.9 Å². The fraction of sp³-hybridized carbons (Fsp3) is 0.346. The number of fused-ring (bicyclic) bond motifs is 1. The Labute approximate surface area is 183 Å². The molecule has 3 aromatic rings. The lowest BCUT2D eigenvalue weighted by atomic mass is 9.88. The second-order valence-corrected chi connectivity index (χ2v) is 9.31. The molecule has 0 spiro atoms. The molecule has 0 amide bonds. The van der Waals surface area contributed by atoms with Crippen molar-refractivity contribution in [1.29, 1.82) is 0 Å². The van der Waals surface area contributed by atoms with Crippen molar-refractivity contribution in [3.63, 3.8) is 0 Å². The maximum absolute atomic E-state index is 11.1. The van der Waals surface area contributed by atoms with Gasteiger partial charge in [0.1, 0.15) is 5.75 Å². The third-order valence-electron chi connectivity index (χ3n) is 5.30. The summed E-state index contributed by atoms with van der Waals surface area (Å²) in [5.74, 6) is 0.793. The predicted octanol–water partition coefficient (Wildman–Crippen LogP) is 7.70. The van der Waals surface area contributed by atoms with Gasteiger partial charge in [-0.3, -0.25) is 0 Å². The van der Waals surface area contributed by atoms with E-state index in [1.54, 1.807) is 11.3 Å². The third-order valence-corrected chi connectivity index (χ3v) is 6.53. The van der Waals surface area contributed by atoms with Crippen LogP contribution < -0.4 is 4.74 Å². The molecule has 2 aromatic carbocycles. The number of ether oxygens (including phenoxy) is 1. The normalized spacial score (nSPS) is 12.2. The van der Waals surface area contributed by atoms with Gasteiger partial charge in [-0.05, 0) is 66.1 Å². The van der Waals surface area contributed by atoms with Crippen LogP contribution in [0.2, 0.25) is 0 Å². The van der Waals surface area contributed by atoms with Crippen molar-refractivity contribution >= 4 is 33.0 Å². The Bertz CT molecular complexity index is 1100. The lowest BCUT2D eigenvalue weighted by molar-refractivity contribution is -0.131. The first-order chi connectivity index (χ1) is 14.2. The molecule has 0 saturated carbocycles. The number of carboxylic acids is 1. The van der Waals surface area contributed by atoms with E-state index in [1.165, 1.54) is 17.2 Å². The minimum Gasteiger partial charge on any atom is -0.493 e. The highest BCUT2D eigenvalue weighted by Gasteiger charge is 2.20. The zero-order valence-corrected chi connectivity index (χ0v) is 19.4. The summed E-state index contributed by atoms with van der Waals surface area (Å²) in [5.41, 5.74) is 5.53. The molecule has 0 aliphatic rings. The van der Waals surface area contributed by atoms with Crippen molar-refractivity contribution in [1.82, 2.24) is 0 Å². The number of allylic oxidation sites excluding steroid dienone is 1. The van der Waals surface area contributed by atoms with Gasteiger partial charge in [0.15, 0.2) is 0 Å². The Morgan fingerprint density at radius 1 is 1.10 bits per heavy atom. The summed E-state index contributed by atoms with van der Waals surface area (Å²) in [7, 11) is 0. The van der Waals surface area contributed by atoms with Crippen LogP contribution in [-0.4, -0.2) is 17.7 Å². The van der Waals surface area contributed by atoms with Crippen LogP contribution in [0.3, 0.4) is 0 Å². The summed E-state index contributed by atoms with van der Waals surface area (Å²) in [6.45, 7) is 13.3. The topological polar surface area (TPSA) is 46.5 Å². The van der Waals surface area contributed by atoms with Gasteiger partial charge >= 0.3 is 5.97 Å². The monoisotopic (exact) mass is 422 g/mol. The molecule has 0 bridgehead atoms. The van der Waals surface area contributed by atoms with Crippen LogP contribution in [0.15, 0.2) is 42.5 Å².